The van der Waals surface area contributed by atoms with Gasteiger partial charge < -0.3 is 13.7 Å². The first-order chi connectivity index (χ1) is 12.1. The summed E-state index contributed by atoms with van der Waals surface area (Å²) < 4.78 is 11.6. The van der Waals surface area contributed by atoms with Crippen molar-refractivity contribution in [2.24, 2.45) is 0 Å². The molecule has 1 amide bonds. The molecule has 8 heteroatoms. The predicted octanol–water partition coefficient (Wildman–Crippen LogP) is 4.55. The fourth-order valence-corrected chi connectivity index (χ4v) is 2.93. The molecule has 0 aliphatic heterocycles. The first-order valence-corrected chi connectivity index (χ1v) is 8.92. The molecule has 128 valence electrons. The lowest BCUT2D eigenvalue weighted by Gasteiger charge is -2.18. The third-order valence-corrected chi connectivity index (χ3v) is 4.57. The number of halogens is 2. The topological polar surface area (TPSA) is 72.4 Å². The van der Waals surface area contributed by atoms with Gasteiger partial charge in [-0.3, -0.25) is 4.79 Å². The Morgan fingerprint density at radius 2 is 1.92 bits per heavy atom. The fraction of sp³-hybridized carbons (Fsp3) is 0.235. The van der Waals surface area contributed by atoms with Crippen LogP contribution in [0.5, 0.6) is 0 Å². The number of carbonyl (C=O) groups is 1. The van der Waals surface area contributed by atoms with E-state index in [4.69, 9.17) is 20.4 Å². The zero-order valence-electron chi connectivity index (χ0n) is 13.0. The molecular formula is C17H13BrClN3O3. The lowest BCUT2D eigenvalue weighted by molar-refractivity contribution is 0.0680. The van der Waals surface area contributed by atoms with Gasteiger partial charge in [0.2, 0.25) is 11.8 Å². The molecule has 0 bridgehead atoms. The van der Waals surface area contributed by atoms with E-state index in [-0.39, 0.29) is 24.3 Å². The zero-order valence-corrected chi connectivity index (χ0v) is 15.3. The molecule has 1 saturated carbocycles. The molecule has 0 saturated heterocycles. The van der Waals surface area contributed by atoms with Crippen molar-refractivity contribution in [1.82, 2.24) is 15.1 Å². The van der Waals surface area contributed by atoms with Crippen molar-refractivity contribution in [3.63, 3.8) is 0 Å². The largest absolute Gasteiger partial charge is 0.444 e. The molecule has 0 spiro atoms. The number of nitrogens with zero attached hydrogens (tertiary/aromatic N) is 3. The quantitative estimate of drug-likeness (QED) is 0.603. The summed E-state index contributed by atoms with van der Waals surface area (Å²) in [5.41, 5.74) is 0.780. The molecule has 0 N–H and O–H groups in total. The summed E-state index contributed by atoms with van der Waals surface area (Å²) in [6, 6.07) is 10.7. The summed E-state index contributed by atoms with van der Waals surface area (Å²) >= 11 is 9.10. The van der Waals surface area contributed by atoms with Crippen LogP contribution in [0.2, 0.25) is 5.02 Å². The van der Waals surface area contributed by atoms with Crippen LogP contribution >= 0.6 is 27.5 Å². The highest BCUT2D eigenvalue weighted by Crippen LogP contribution is 2.31. The Balaban J connectivity index is 1.53. The summed E-state index contributed by atoms with van der Waals surface area (Å²) in [6.45, 7) is 0.252. The Kier molecular flexibility index (Phi) is 4.35. The second-order valence-corrected chi connectivity index (χ2v) is 6.99. The average Bonchev–Trinajstić information content (AvgIpc) is 3.18. The van der Waals surface area contributed by atoms with E-state index >= 15 is 0 Å². The predicted molar refractivity (Wildman–Crippen MR) is 94.0 cm³/mol. The molecule has 0 atom stereocenters. The SMILES string of the molecule is O=C(c1ccc(Br)o1)N(Cc1nnc(-c2ccc(Cl)cc2)o1)C1CC1. The van der Waals surface area contributed by atoms with Crippen LogP contribution in [-0.4, -0.2) is 27.0 Å². The minimum atomic E-state index is -0.181. The third kappa shape index (κ3) is 3.62. The van der Waals surface area contributed by atoms with E-state index in [1.54, 1.807) is 29.2 Å². The number of carbonyl (C=O) groups excluding carboxylic acids is 1. The Morgan fingerprint density at radius 1 is 1.16 bits per heavy atom. The molecule has 6 nitrogen and oxygen atoms in total. The van der Waals surface area contributed by atoms with E-state index in [2.05, 4.69) is 26.1 Å². The highest BCUT2D eigenvalue weighted by molar-refractivity contribution is 9.10. The van der Waals surface area contributed by atoms with Gasteiger partial charge in [0, 0.05) is 16.6 Å². The number of hydrogen-bond donors (Lipinski definition) is 0. The van der Waals surface area contributed by atoms with Crippen molar-refractivity contribution in [1.29, 1.82) is 0 Å². The Bertz CT molecular complexity index is 902. The van der Waals surface area contributed by atoms with E-state index in [1.165, 1.54) is 0 Å². The highest BCUT2D eigenvalue weighted by Gasteiger charge is 2.35. The van der Waals surface area contributed by atoms with Gasteiger partial charge in [-0.15, -0.1) is 10.2 Å². The van der Waals surface area contributed by atoms with Gasteiger partial charge in [0.15, 0.2) is 10.4 Å². The number of aromatic nitrogens is 2. The number of rotatable bonds is 5. The van der Waals surface area contributed by atoms with E-state index in [9.17, 15) is 4.79 Å². The monoisotopic (exact) mass is 421 g/mol. The molecule has 2 aromatic heterocycles. The van der Waals surface area contributed by atoms with Gasteiger partial charge in [-0.1, -0.05) is 11.6 Å². The van der Waals surface area contributed by atoms with Gasteiger partial charge in [0.25, 0.3) is 5.91 Å². The van der Waals surface area contributed by atoms with Gasteiger partial charge in [0.05, 0.1) is 6.54 Å². The lowest BCUT2D eigenvalue weighted by atomic mass is 10.2. The minimum absolute atomic E-state index is 0.181. The fourth-order valence-electron chi connectivity index (χ4n) is 2.50. The van der Waals surface area contributed by atoms with E-state index in [0.29, 0.717) is 21.5 Å². The molecule has 1 fully saturated rings. The molecule has 0 radical (unpaired) electrons. The maximum Gasteiger partial charge on any atom is 0.290 e. The van der Waals surface area contributed by atoms with E-state index < -0.39 is 0 Å². The number of amides is 1. The molecule has 1 aliphatic carbocycles. The summed E-state index contributed by atoms with van der Waals surface area (Å²) in [5.74, 6) is 0.891. The molecule has 0 unspecified atom stereocenters. The van der Waals surface area contributed by atoms with Crippen molar-refractivity contribution in [2.45, 2.75) is 25.4 Å². The molecule has 1 aromatic carbocycles. The maximum atomic E-state index is 12.7. The third-order valence-electron chi connectivity index (χ3n) is 3.90. The summed E-state index contributed by atoms with van der Waals surface area (Å²) in [7, 11) is 0. The van der Waals surface area contributed by atoms with Crippen molar-refractivity contribution < 1.29 is 13.6 Å². The van der Waals surface area contributed by atoms with Gasteiger partial charge >= 0.3 is 0 Å². The normalized spacial score (nSPS) is 13.8. The van der Waals surface area contributed by atoms with E-state index in [1.807, 2.05) is 12.1 Å². The Labute approximate surface area is 156 Å². The van der Waals surface area contributed by atoms with Gasteiger partial charge in [-0.2, -0.15) is 0 Å². The minimum Gasteiger partial charge on any atom is -0.444 e. The lowest BCUT2D eigenvalue weighted by Crippen LogP contribution is -2.32. The molecule has 25 heavy (non-hydrogen) atoms. The van der Waals surface area contributed by atoms with Crippen molar-refractivity contribution in [3.05, 3.63) is 57.7 Å². The van der Waals surface area contributed by atoms with Gasteiger partial charge in [-0.25, -0.2) is 0 Å². The summed E-state index contributed by atoms with van der Waals surface area (Å²) in [6.07, 6.45) is 1.93. The van der Waals surface area contributed by atoms with E-state index in [0.717, 1.165) is 18.4 Å². The highest BCUT2D eigenvalue weighted by atomic mass is 79.9. The average molecular weight is 423 g/mol. The van der Waals surface area contributed by atoms with Crippen molar-refractivity contribution >= 4 is 33.4 Å². The first-order valence-electron chi connectivity index (χ1n) is 7.75. The van der Waals surface area contributed by atoms with Crippen LogP contribution in [0.1, 0.15) is 29.3 Å². The van der Waals surface area contributed by atoms with Gasteiger partial charge in [0.1, 0.15) is 0 Å². The number of benzene rings is 1. The summed E-state index contributed by atoms with van der Waals surface area (Å²) in [4.78, 5) is 14.4. The van der Waals surface area contributed by atoms with Crippen LogP contribution in [0.25, 0.3) is 11.5 Å². The second-order valence-electron chi connectivity index (χ2n) is 5.78. The number of furan rings is 1. The molecule has 4 rings (SSSR count). The summed E-state index contributed by atoms with van der Waals surface area (Å²) in [5, 5.41) is 8.76. The second kappa shape index (κ2) is 6.65. The molecule has 2 heterocycles. The molecule has 3 aromatic rings. The van der Waals surface area contributed by atoms with Crippen LogP contribution in [0.15, 0.2) is 49.9 Å². The standard InChI is InChI=1S/C17H13BrClN3O3/c18-14-8-7-13(24-14)17(23)22(12-5-6-12)9-15-20-21-16(25-15)10-1-3-11(19)4-2-10/h1-4,7-8,12H,5-6,9H2. The van der Waals surface area contributed by atoms with Crippen LogP contribution in [0.3, 0.4) is 0 Å². The van der Waals surface area contributed by atoms with Crippen molar-refractivity contribution in [3.8, 4) is 11.5 Å². The maximum absolute atomic E-state index is 12.7. The van der Waals surface area contributed by atoms with Crippen molar-refractivity contribution in [2.75, 3.05) is 0 Å². The smallest absolute Gasteiger partial charge is 0.290 e. The van der Waals surface area contributed by atoms with Crippen LogP contribution in [0.4, 0.5) is 0 Å². The molecular weight excluding hydrogens is 410 g/mol. The zero-order chi connectivity index (χ0) is 17.4. The Hall–Kier alpha value is -2.12. The van der Waals surface area contributed by atoms with Crippen LogP contribution < -0.4 is 0 Å². The first kappa shape index (κ1) is 16.4. The molecule has 1 aliphatic rings. The number of hydrogen-bond acceptors (Lipinski definition) is 5. The van der Waals surface area contributed by atoms with Gasteiger partial charge in [-0.05, 0) is 65.2 Å². The Morgan fingerprint density at radius 3 is 2.56 bits per heavy atom. The van der Waals surface area contributed by atoms with Crippen LogP contribution in [-0.2, 0) is 6.54 Å². The van der Waals surface area contributed by atoms with Crippen LogP contribution in [0, 0.1) is 0 Å².